The lowest BCUT2D eigenvalue weighted by Gasteiger charge is -2.29. The van der Waals surface area contributed by atoms with Gasteiger partial charge in [0.15, 0.2) is 0 Å². The molecule has 16 nitrogen and oxygen atoms in total. The fraction of sp³-hybridized carbons (Fsp3) is 0.375. The maximum absolute atomic E-state index is 14.1. The fourth-order valence-corrected chi connectivity index (χ4v) is 9.41. The van der Waals surface area contributed by atoms with E-state index in [1.54, 1.807) is 16.0 Å². The highest BCUT2D eigenvalue weighted by Gasteiger charge is 2.42. The molecule has 0 aliphatic carbocycles. The summed E-state index contributed by atoms with van der Waals surface area (Å²) in [5.41, 5.74) is 7.09. The van der Waals surface area contributed by atoms with Gasteiger partial charge in [-0.25, -0.2) is 19.6 Å². The Balaban J connectivity index is 0.966. The highest BCUT2D eigenvalue weighted by atomic mass is 16.5. The third-order valence-electron chi connectivity index (χ3n) is 12.6. The average molecular weight is 869 g/mol. The number of hydrogen-bond donors (Lipinski definition) is 4. The van der Waals surface area contributed by atoms with Crippen molar-refractivity contribution >= 4 is 45.8 Å². The maximum Gasteiger partial charge on any atom is 0.407 e. The van der Waals surface area contributed by atoms with Crippen LogP contribution in [-0.2, 0) is 30.4 Å². The largest absolute Gasteiger partial charge is 0.488 e. The molecular formula is C48H52N8O8. The lowest BCUT2D eigenvalue weighted by molar-refractivity contribution is -0.136. The number of likely N-dealkylation sites (tertiary alicyclic amines) is 2. The fourth-order valence-electron chi connectivity index (χ4n) is 9.41. The number of methoxy groups -OCH3 is 2. The molecule has 3 aliphatic heterocycles. The third kappa shape index (κ3) is 7.97. The van der Waals surface area contributed by atoms with Crippen LogP contribution in [0.15, 0.2) is 79.0 Å². The van der Waals surface area contributed by atoms with Gasteiger partial charge in [0.1, 0.15) is 36.1 Å². The van der Waals surface area contributed by atoms with E-state index in [0.717, 1.165) is 68.3 Å². The summed E-state index contributed by atoms with van der Waals surface area (Å²) in [6, 6.07) is 21.3. The lowest BCUT2D eigenvalue weighted by Crippen LogP contribution is -2.51. The monoisotopic (exact) mass is 868 g/mol. The number of aromatic amines is 2. The lowest BCUT2D eigenvalue weighted by atomic mass is 9.92. The molecule has 4 N–H and O–H groups in total. The molecule has 0 spiro atoms. The van der Waals surface area contributed by atoms with Gasteiger partial charge in [0, 0.05) is 37.1 Å². The summed E-state index contributed by atoms with van der Waals surface area (Å²) in [5.74, 6) is 1.46. The number of H-pyrrole nitrogens is 2. The van der Waals surface area contributed by atoms with Crippen LogP contribution >= 0.6 is 0 Å². The van der Waals surface area contributed by atoms with E-state index in [1.165, 1.54) is 14.2 Å². The zero-order valence-electron chi connectivity index (χ0n) is 36.5. The van der Waals surface area contributed by atoms with Crippen molar-refractivity contribution in [2.75, 3.05) is 33.9 Å². The summed E-state index contributed by atoms with van der Waals surface area (Å²) in [7, 11) is 2.56. The first-order chi connectivity index (χ1) is 31.0. The smallest absolute Gasteiger partial charge is 0.407 e. The minimum Gasteiger partial charge on any atom is -0.488 e. The Kier molecular flexibility index (Phi) is 11.7. The van der Waals surface area contributed by atoms with E-state index in [9.17, 15) is 19.2 Å². The van der Waals surface area contributed by atoms with Crippen LogP contribution < -0.4 is 15.4 Å². The summed E-state index contributed by atoms with van der Waals surface area (Å²) < 4.78 is 22.1. The second-order valence-corrected chi connectivity index (χ2v) is 16.8. The molecule has 5 atom stereocenters. The highest BCUT2D eigenvalue weighted by molar-refractivity contribution is 6.07. The van der Waals surface area contributed by atoms with Crippen molar-refractivity contribution in [3.05, 3.63) is 102 Å². The second-order valence-electron chi connectivity index (χ2n) is 16.8. The number of fused-ring (bicyclic) bond motifs is 6. The van der Waals surface area contributed by atoms with Crippen LogP contribution in [0.3, 0.4) is 0 Å². The molecule has 2 saturated heterocycles. The zero-order chi connectivity index (χ0) is 44.6. The van der Waals surface area contributed by atoms with Gasteiger partial charge >= 0.3 is 12.2 Å². The molecule has 16 heteroatoms. The molecule has 332 valence electrons. The quantitative estimate of drug-likeness (QED) is 0.101. The van der Waals surface area contributed by atoms with Crippen LogP contribution in [0.2, 0.25) is 0 Å². The molecular weight excluding hydrogens is 817 g/mol. The van der Waals surface area contributed by atoms with E-state index in [1.807, 2.05) is 63.2 Å². The minimum absolute atomic E-state index is 0.176. The van der Waals surface area contributed by atoms with Crippen LogP contribution in [-0.4, -0.2) is 99.8 Å². The Morgan fingerprint density at radius 3 is 2.44 bits per heavy atom. The molecule has 6 aromatic rings. The molecule has 9 rings (SSSR count). The Morgan fingerprint density at radius 1 is 0.875 bits per heavy atom. The van der Waals surface area contributed by atoms with Gasteiger partial charge < -0.3 is 49.3 Å². The summed E-state index contributed by atoms with van der Waals surface area (Å²) >= 11 is 0. The maximum atomic E-state index is 14.1. The SMILES string of the molecule is CCOC1CC(c2nc3c(ccc4cc5c(cc43)OCc3cc(-c4cnc(C6CCCN6C(=O)C(NC(=O)OC)c6ccccc6)[nH]4)ccc3-5)[nH]2)N(C(=O)C(NC(=O)OC)C(C)C)C1. The number of amides is 4. The highest BCUT2D eigenvalue weighted by Crippen LogP contribution is 2.44. The van der Waals surface area contributed by atoms with E-state index in [4.69, 9.17) is 28.9 Å². The number of alkyl carbamates (subject to hydrolysis) is 2. The Labute approximate surface area is 370 Å². The first kappa shape index (κ1) is 42.4. The van der Waals surface area contributed by atoms with Crippen molar-refractivity contribution in [2.24, 2.45) is 5.92 Å². The van der Waals surface area contributed by atoms with E-state index >= 15 is 0 Å². The number of aromatic nitrogens is 4. The van der Waals surface area contributed by atoms with Crippen LogP contribution in [0.4, 0.5) is 9.59 Å². The Morgan fingerprint density at radius 2 is 1.67 bits per heavy atom. The number of hydrogen-bond acceptors (Lipinski definition) is 10. The molecule has 64 heavy (non-hydrogen) atoms. The topological polar surface area (TPSA) is 193 Å². The van der Waals surface area contributed by atoms with E-state index in [-0.39, 0.29) is 29.9 Å². The van der Waals surface area contributed by atoms with Crippen LogP contribution in [0.5, 0.6) is 5.75 Å². The van der Waals surface area contributed by atoms with Gasteiger partial charge in [-0.2, -0.15) is 0 Å². The van der Waals surface area contributed by atoms with Crippen LogP contribution in [0, 0.1) is 5.92 Å². The van der Waals surface area contributed by atoms with Gasteiger partial charge in [0.2, 0.25) is 5.91 Å². The molecule has 0 saturated carbocycles. The Bertz CT molecular complexity index is 2730. The van der Waals surface area contributed by atoms with Gasteiger partial charge in [-0.1, -0.05) is 62.4 Å². The normalized spacial score (nSPS) is 18.9. The van der Waals surface area contributed by atoms with Crippen molar-refractivity contribution < 1.29 is 38.1 Å². The van der Waals surface area contributed by atoms with E-state index < -0.39 is 30.3 Å². The average Bonchev–Trinajstić information content (AvgIpc) is 4.15. The van der Waals surface area contributed by atoms with E-state index in [0.29, 0.717) is 49.9 Å². The van der Waals surface area contributed by atoms with Gasteiger partial charge in [0.05, 0.1) is 55.3 Å². The van der Waals surface area contributed by atoms with Crippen molar-refractivity contribution in [1.29, 1.82) is 0 Å². The molecule has 5 unspecified atom stereocenters. The van der Waals surface area contributed by atoms with Crippen molar-refractivity contribution in [3.63, 3.8) is 0 Å². The molecule has 2 aromatic heterocycles. The second kappa shape index (κ2) is 17.7. The number of benzene rings is 4. The molecule has 3 aliphatic rings. The molecule has 5 heterocycles. The molecule has 0 radical (unpaired) electrons. The number of carbonyl (C=O) groups is 4. The zero-order valence-corrected chi connectivity index (χ0v) is 36.5. The van der Waals surface area contributed by atoms with E-state index in [2.05, 4.69) is 50.9 Å². The minimum atomic E-state index is -0.900. The van der Waals surface area contributed by atoms with Crippen LogP contribution in [0.1, 0.15) is 80.9 Å². The van der Waals surface area contributed by atoms with Crippen molar-refractivity contribution in [3.8, 4) is 28.1 Å². The first-order valence-electron chi connectivity index (χ1n) is 21.8. The Hall–Kier alpha value is -6.94. The van der Waals surface area contributed by atoms with Crippen molar-refractivity contribution in [2.45, 2.75) is 76.9 Å². The van der Waals surface area contributed by atoms with Gasteiger partial charge in [-0.05, 0) is 77.6 Å². The van der Waals surface area contributed by atoms with Gasteiger partial charge in [-0.15, -0.1) is 0 Å². The van der Waals surface area contributed by atoms with Crippen LogP contribution in [0.25, 0.3) is 44.2 Å². The standard InChI is InChI=1S/C48H52N8O8/c1-6-63-31-21-38(56(24-31)45(57)40(26(2)3)53-47(59)61-4)44-50-35-17-15-28-20-34-32-16-14-29(19-30(32)25-64-39(34)22-33(28)42(35)52-44)36-23-49-43(51-36)37-13-10-18-55(37)46(58)41(54-48(60)62-5)27-11-8-7-9-12-27/h7-9,11-12,14-17,19-20,22-23,26,31,37-38,40-41H,6,10,13,18,21,24-25H2,1-5H3,(H,49,51)(H,50,52)(H,53,59)(H,54,60). The summed E-state index contributed by atoms with van der Waals surface area (Å²) in [5, 5.41) is 7.35. The number of ether oxygens (including phenoxy) is 4. The van der Waals surface area contributed by atoms with Crippen molar-refractivity contribution in [1.82, 2.24) is 40.4 Å². The predicted octanol–water partition coefficient (Wildman–Crippen LogP) is 7.49. The third-order valence-corrected chi connectivity index (χ3v) is 12.6. The summed E-state index contributed by atoms with van der Waals surface area (Å²) in [6.45, 7) is 7.49. The number of nitrogens with zero attached hydrogens (tertiary/aromatic N) is 4. The first-order valence-corrected chi connectivity index (χ1v) is 21.8. The van der Waals surface area contributed by atoms with Gasteiger partial charge in [-0.3, -0.25) is 9.59 Å². The molecule has 4 amide bonds. The molecule has 4 aromatic carbocycles. The number of imidazole rings is 2. The summed E-state index contributed by atoms with van der Waals surface area (Å²) in [6.07, 6.45) is 2.37. The molecule has 2 fully saturated rings. The molecule has 0 bridgehead atoms. The number of nitrogens with one attached hydrogen (secondary N) is 4. The summed E-state index contributed by atoms with van der Waals surface area (Å²) in [4.78, 5) is 73.0. The predicted molar refractivity (Wildman–Crippen MR) is 238 cm³/mol. The number of rotatable bonds is 11. The number of carbonyl (C=O) groups excluding carboxylic acids is 4. The van der Waals surface area contributed by atoms with Gasteiger partial charge in [0.25, 0.3) is 5.91 Å².